The number of hydrogen-bond donors (Lipinski definition) is 1. The predicted molar refractivity (Wildman–Crippen MR) is 85.1 cm³/mol. The number of nitrogens with zero attached hydrogens (tertiary/aromatic N) is 1. The highest BCUT2D eigenvalue weighted by atomic mass is 35.5. The Balaban J connectivity index is 1.87. The molecule has 1 N–H and O–H groups in total. The number of halogens is 2. The third-order valence-corrected chi connectivity index (χ3v) is 4.20. The van der Waals surface area contributed by atoms with Crippen LogP contribution >= 0.6 is 11.6 Å². The zero-order valence-corrected chi connectivity index (χ0v) is 13.3. The van der Waals surface area contributed by atoms with Crippen molar-refractivity contribution >= 4 is 17.5 Å². The van der Waals surface area contributed by atoms with Crippen molar-refractivity contribution in [3.05, 3.63) is 58.6 Å². The zero-order valence-electron chi connectivity index (χ0n) is 12.6. The number of methoxy groups -OCH3 is 1. The van der Waals surface area contributed by atoms with E-state index >= 15 is 0 Å². The van der Waals surface area contributed by atoms with Crippen LogP contribution in [-0.4, -0.2) is 18.0 Å². The average Bonchev–Trinajstić information content (AvgIpc) is 3.40. The highest BCUT2D eigenvalue weighted by Crippen LogP contribution is 2.41. The summed E-state index contributed by atoms with van der Waals surface area (Å²) >= 11 is 5.83. The summed E-state index contributed by atoms with van der Waals surface area (Å²) in [5.74, 6) is -0.537. The first-order valence-corrected chi connectivity index (χ1v) is 7.71. The lowest BCUT2D eigenvalue weighted by atomic mass is 10.0. The summed E-state index contributed by atoms with van der Waals surface area (Å²) < 4.78 is 19.2. The van der Waals surface area contributed by atoms with Crippen molar-refractivity contribution in [2.45, 2.75) is 18.9 Å². The molecular formula is C17H16ClFN2O2. The molecule has 1 unspecified atom stereocenters. The first-order valence-electron chi connectivity index (χ1n) is 7.34. The van der Waals surface area contributed by atoms with Crippen LogP contribution in [0.1, 0.15) is 34.8 Å². The van der Waals surface area contributed by atoms with E-state index in [0.29, 0.717) is 11.7 Å². The van der Waals surface area contributed by atoms with Crippen LogP contribution in [0.15, 0.2) is 36.7 Å². The molecule has 1 aromatic carbocycles. The highest BCUT2D eigenvalue weighted by molar-refractivity contribution is 6.31. The summed E-state index contributed by atoms with van der Waals surface area (Å²) in [5, 5.41) is 2.77. The smallest absolute Gasteiger partial charge is 0.254 e. The number of hydrogen-bond acceptors (Lipinski definition) is 3. The van der Waals surface area contributed by atoms with Crippen LogP contribution in [0.4, 0.5) is 4.39 Å². The lowest BCUT2D eigenvalue weighted by molar-refractivity contribution is 0.0927. The minimum atomic E-state index is -0.741. The number of carbonyl (C=O) groups excluding carboxylic acids is 1. The van der Waals surface area contributed by atoms with Crippen LogP contribution in [0.3, 0.4) is 0 Å². The van der Waals surface area contributed by atoms with Crippen molar-refractivity contribution in [2.24, 2.45) is 5.92 Å². The van der Waals surface area contributed by atoms with Gasteiger partial charge in [-0.25, -0.2) is 4.39 Å². The number of rotatable bonds is 5. The zero-order chi connectivity index (χ0) is 16.4. The van der Waals surface area contributed by atoms with E-state index in [-0.39, 0.29) is 16.6 Å². The maximum absolute atomic E-state index is 14.2. The monoisotopic (exact) mass is 334 g/mol. The number of benzene rings is 1. The second-order valence-electron chi connectivity index (χ2n) is 5.54. The average molecular weight is 335 g/mol. The standard InChI is InChI=1S/C17H16ClFN2O2/c1-23-12-8-13(15(19)14(18)9-12)17(22)21-16(10-2-3-10)11-4-6-20-7-5-11/h4-10,16H,2-3H2,1H3,(H,21,22). The third kappa shape index (κ3) is 3.45. The maximum Gasteiger partial charge on any atom is 0.254 e. The lowest BCUT2D eigenvalue weighted by Crippen LogP contribution is -2.30. The number of carbonyl (C=O) groups is 1. The number of aromatic nitrogens is 1. The molecule has 0 saturated heterocycles. The van der Waals surface area contributed by atoms with Gasteiger partial charge in [-0.2, -0.15) is 0 Å². The van der Waals surface area contributed by atoms with E-state index in [1.165, 1.54) is 19.2 Å². The van der Waals surface area contributed by atoms with Crippen LogP contribution in [0.5, 0.6) is 5.75 Å². The van der Waals surface area contributed by atoms with E-state index in [1.54, 1.807) is 12.4 Å². The van der Waals surface area contributed by atoms with Crippen LogP contribution in [0, 0.1) is 11.7 Å². The van der Waals surface area contributed by atoms with Crippen LogP contribution in [0.25, 0.3) is 0 Å². The Morgan fingerprint density at radius 2 is 2.09 bits per heavy atom. The number of pyridine rings is 1. The normalized spacial score (nSPS) is 15.1. The molecule has 1 heterocycles. The summed E-state index contributed by atoms with van der Waals surface area (Å²) in [4.78, 5) is 16.5. The number of nitrogens with one attached hydrogen (secondary N) is 1. The number of ether oxygens (including phenoxy) is 1. The molecule has 2 aromatic rings. The molecule has 1 saturated carbocycles. The van der Waals surface area contributed by atoms with E-state index in [0.717, 1.165) is 18.4 Å². The van der Waals surface area contributed by atoms with E-state index in [1.807, 2.05) is 12.1 Å². The molecule has 0 bridgehead atoms. The van der Waals surface area contributed by atoms with E-state index in [2.05, 4.69) is 10.3 Å². The van der Waals surface area contributed by atoms with Gasteiger partial charge in [0.2, 0.25) is 0 Å². The molecule has 23 heavy (non-hydrogen) atoms. The van der Waals surface area contributed by atoms with Crippen molar-refractivity contribution in [3.8, 4) is 5.75 Å². The lowest BCUT2D eigenvalue weighted by Gasteiger charge is -2.19. The SMILES string of the molecule is COc1cc(Cl)c(F)c(C(=O)NC(c2ccncc2)C2CC2)c1. The molecule has 1 aliphatic rings. The number of amides is 1. The van der Waals surface area contributed by atoms with Gasteiger partial charge in [-0.3, -0.25) is 9.78 Å². The minimum absolute atomic E-state index is 0.117. The predicted octanol–water partition coefficient (Wildman–Crippen LogP) is 3.76. The molecule has 0 aliphatic heterocycles. The van der Waals surface area contributed by atoms with Crippen molar-refractivity contribution in [1.82, 2.24) is 10.3 Å². The topological polar surface area (TPSA) is 51.2 Å². The Morgan fingerprint density at radius 3 is 2.70 bits per heavy atom. The van der Waals surface area contributed by atoms with E-state index < -0.39 is 11.7 Å². The van der Waals surface area contributed by atoms with Gasteiger partial charge in [0.15, 0.2) is 5.82 Å². The minimum Gasteiger partial charge on any atom is -0.497 e. The molecule has 120 valence electrons. The van der Waals surface area contributed by atoms with Crippen LogP contribution < -0.4 is 10.1 Å². The second kappa shape index (κ2) is 6.54. The quantitative estimate of drug-likeness (QED) is 0.905. The molecular weight excluding hydrogens is 319 g/mol. The van der Waals surface area contributed by atoms with Crippen molar-refractivity contribution < 1.29 is 13.9 Å². The molecule has 0 spiro atoms. The Morgan fingerprint density at radius 1 is 1.39 bits per heavy atom. The van der Waals surface area contributed by atoms with Gasteiger partial charge in [-0.15, -0.1) is 0 Å². The molecule has 4 nitrogen and oxygen atoms in total. The van der Waals surface area contributed by atoms with Crippen molar-refractivity contribution in [1.29, 1.82) is 0 Å². The summed E-state index contributed by atoms with van der Waals surface area (Å²) in [5.41, 5.74) is 0.847. The molecule has 1 aliphatic carbocycles. The van der Waals surface area contributed by atoms with Gasteiger partial charge >= 0.3 is 0 Å². The summed E-state index contributed by atoms with van der Waals surface area (Å²) in [7, 11) is 1.44. The van der Waals surface area contributed by atoms with Crippen LogP contribution in [0.2, 0.25) is 5.02 Å². The van der Waals surface area contributed by atoms with E-state index in [4.69, 9.17) is 16.3 Å². The molecule has 1 aromatic heterocycles. The van der Waals surface area contributed by atoms with Gasteiger partial charge < -0.3 is 10.1 Å². The van der Waals surface area contributed by atoms with Gasteiger partial charge in [-0.1, -0.05) is 11.6 Å². The van der Waals surface area contributed by atoms with E-state index in [9.17, 15) is 9.18 Å². The molecule has 6 heteroatoms. The van der Waals surface area contributed by atoms with Gasteiger partial charge in [0.05, 0.1) is 23.7 Å². The largest absolute Gasteiger partial charge is 0.497 e. The first kappa shape index (κ1) is 15.7. The van der Waals surface area contributed by atoms with Gasteiger partial charge in [0.25, 0.3) is 5.91 Å². The Bertz CT molecular complexity index is 720. The van der Waals surface area contributed by atoms with Crippen molar-refractivity contribution in [2.75, 3.05) is 7.11 Å². The fraction of sp³-hybridized carbons (Fsp3) is 0.294. The first-order chi connectivity index (χ1) is 11.1. The molecule has 1 atom stereocenters. The summed E-state index contributed by atoms with van der Waals surface area (Å²) in [6, 6.07) is 6.26. The summed E-state index contributed by atoms with van der Waals surface area (Å²) in [6.07, 6.45) is 5.43. The molecule has 1 amide bonds. The maximum atomic E-state index is 14.2. The highest BCUT2D eigenvalue weighted by Gasteiger charge is 2.34. The van der Waals surface area contributed by atoms with Gasteiger partial charge in [0, 0.05) is 18.5 Å². The molecule has 0 radical (unpaired) electrons. The Labute approximate surface area is 138 Å². The summed E-state index contributed by atoms with van der Waals surface area (Å²) in [6.45, 7) is 0. The fourth-order valence-electron chi connectivity index (χ4n) is 2.54. The van der Waals surface area contributed by atoms with Crippen molar-refractivity contribution in [3.63, 3.8) is 0 Å². The second-order valence-corrected chi connectivity index (χ2v) is 5.95. The fourth-order valence-corrected chi connectivity index (χ4v) is 2.75. The molecule has 1 fully saturated rings. The molecule has 3 rings (SSSR count). The van der Waals surface area contributed by atoms with Gasteiger partial charge in [0.1, 0.15) is 5.75 Å². The van der Waals surface area contributed by atoms with Crippen LogP contribution in [-0.2, 0) is 0 Å². The van der Waals surface area contributed by atoms with Gasteiger partial charge in [-0.05, 0) is 42.5 Å². The Hall–Kier alpha value is -2.14. The third-order valence-electron chi connectivity index (χ3n) is 3.93. The Kier molecular flexibility index (Phi) is 4.48.